The molecule has 1 atom stereocenters. The van der Waals surface area contributed by atoms with Crippen LogP contribution >= 0.6 is 11.3 Å². The first-order valence-corrected chi connectivity index (χ1v) is 12.9. The summed E-state index contributed by atoms with van der Waals surface area (Å²) in [5, 5.41) is 4.40. The minimum Gasteiger partial charge on any atom is -0.353 e. The number of rotatable bonds is 4. The van der Waals surface area contributed by atoms with E-state index in [1.54, 1.807) is 11.3 Å². The zero-order valence-electron chi connectivity index (χ0n) is 18.6. The number of piperazine rings is 1. The van der Waals surface area contributed by atoms with Crippen molar-refractivity contribution in [3.63, 3.8) is 0 Å². The lowest BCUT2D eigenvalue weighted by Crippen LogP contribution is -2.51. The Bertz CT molecular complexity index is 807. The number of amides is 2. The van der Waals surface area contributed by atoms with Crippen molar-refractivity contribution in [2.75, 3.05) is 51.2 Å². The second-order valence-corrected chi connectivity index (χ2v) is 10.9. The van der Waals surface area contributed by atoms with Crippen LogP contribution in [0.2, 0.25) is 0 Å². The molecule has 31 heavy (non-hydrogen) atoms. The van der Waals surface area contributed by atoms with Crippen LogP contribution in [0.4, 0.5) is 5.13 Å². The van der Waals surface area contributed by atoms with Crippen molar-refractivity contribution in [1.82, 2.24) is 20.1 Å². The van der Waals surface area contributed by atoms with Crippen molar-refractivity contribution in [2.45, 2.75) is 57.4 Å². The van der Waals surface area contributed by atoms with Gasteiger partial charge in [0.25, 0.3) is 0 Å². The molecule has 2 aliphatic carbocycles. The van der Waals surface area contributed by atoms with Gasteiger partial charge in [-0.3, -0.25) is 9.59 Å². The van der Waals surface area contributed by atoms with Gasteiger partial charge >= 0.3 is 0 Å². The maximum Gasteiger partial charge on any atom is 0.225 e. The monoisotopic (exact) mass is 445 g/mol. The number of anilines is 1. The molecule has 0 bridgehead atoms. The van der Waals surface area contributed by atoms with Crippen LogP contribution in [-0.4, -0.2) is 79.0 Å². The molecular weight excluding hydrogens is 410 g/mol. The minimum atomic E-state index is 0.0809. The quantitative estimate of drug-likeness (QED) is 0.767. The highest BCUT2D eigenvalue weighted by Gasteiger charge is 2.33. The molecule has 7 nitrogen and oxygen atoms in total. The van der Waals surface area contributed by atoms with E-state index in [1.165, 1.54) is 17.0 Å². The van der Waals surface area contributed by atoms with Gasteiger partial charge in [-0.2, -0.15) is 0 Å². The largest absolute Gasteiger partial charge is 0.353 e. The second kappa shape index (κ2) is 9.06. The van der Waals surface area contributed by atoms with E-state index in [1.807, 2.05) is 0 Å². The fraction of sp³-hybridized carbons (Fsp3) is 0.783. The Labute approximate surface area is 189 Å². The van der Waals surface area contributed by atoms with Gasteiger partial charge in [-0.1, -0.05) is 6.42 Å². The lowest BCUT2D eigenvalue weighted by atomic mass is 9.84. The number of nitrogens with one attached hydrogen (secondary N) is 1. The number of likely N-dealkylation sites (tertiary alicyclic amines) is 1. The number of carbonyl (C=O) groups excluding carboxylic acids is 2. The van der Waals surface area contributed by atoms with Gasteiger partial charge in [0.15, 0.2) is 5.13 Å². The van der Waals surface area contributed by atoms with Gasteiger partial charge in [0.1, 0.15) is 0 Å². The van der Waals surface area contributed by atoms with Gasteiger partial charge in [0.2, 0.25) is 11.8 Å². The molecule has 0 aromatic carbocycles. The third-order valence-electron chi connectivity index (χ3n) is 7.68. The van der Waals surface area contributed by atoms with E-state index >= 15 is 0 Å². The molecule has 2 amide bonds. The highest BCUT2D eigenvalue weighted by molar-refractivity contribution is 7.15. The molecule has 8 heteroatoms. The van der Waals surface area contributed by atoms with Crippen LogP contribution in [0.5, 0.6) is 0 Å². The number of carbonyl (C=O) groups is 2. The standard InChI is InChI=1S/C23H35N5O2S/c1-26-9-7-18(8-10-26)24-21(29)17-5-6-19-20(15-17)31-23(25-19)28-13-11-27(12-14-28)22(30)16-3-2-4-16/h16-18H,2-15H2,1H3,(H,24,29). The van der Waals surface area contributed by atoms with Crippen LogP contribution in [0.15, 0.2) is 0 Å². The summed E-state index contributed by atoms with van der Waals surface area (Å²) in [4.78, 5) is 38.3. The predicted octanol–water partition coefficient (Wildman–Crippen LogP) is 1.91. The lowest BCUT2D eigenvalue weighted by molar-refractivity contribution is -0.138. The maximum atomic E-state index is 12.9. The SMILES string of the molecule is CN1CCC(NC(=O)C2CCc3nc(N4CCN(C(=O)C5CCC5)CC4)sc3C2)CC1. The lowest BCUT2D eigenvalue weighted by Gasteiger charge is -2.38. The number of piperidine rings is 1. The smallest absolute Gasteiger partial charge is 0.225 e. The second-order valence-electron chi connectivity index (χ2n) is 9.83. The van der Waals surface area contributed by atoms with E-state index < -0.39 is 0 Å². The summed E-state index contributed by atoms with van der Waals surface area (Å²) in [5.41, 5.74) is 1.19. The van der Waals surface area contributed by atoms with Crippen molar-refractivity contribution in [3.8, 4) is 0 Å². The van der Waals surface area contributed by atoms with Gasteiger partial charge in [0.05, 0.1) is 5.69 Å². The summed E-state index contributed by atoms with van der Waals surface area (Å²) in [6, 6.07) is 0.334. The molecule has 3 fully saturated rings. The third kappa shape index (κ3) is 4.60. The number of fused-ring (bicyclic) bond motifs is 1. The molecule has 4 aliphatic rings. The van der Waals surface area contributed by atoms with Gasteiger partial charge in [-0.05, 0) is 65.1 Å². The van der Waals surface area contributed by atoms with Crippen molar-refractivity contribution < 1.29 is 9.59 Å². The van der Waals surface area contributed by atoms with Crippen molar-refractivity contribution >= 4 is 28.3 Å². The summed E-state index contributed by atoms with van der Waals surface area (Å²) < 4.78 is 0. The van der Waals surface area contributed by atoms with E-state index in [0.29, 0.717) is 11.9 Å². The van der Waals surface area contributed by atoms with Crippen molar-refractivity contribution in [1.29, 1.82) is 0 Å². The first kappa shape index (κ1) is 21.2. The number of hydrogen-bond donors (Lipinski definition) is 1. The van der Waals surface area contributed by atoms with Crippen LogP contribution < -0.4 is 10.2 Å². The molecule has 1 unspecified atom stereocenters. The summed E-state index contributed by atoms with van der Waals surface area (Å²) in [6.45, 7) is 5.48. The van der Waals surface area contributed by atoms with Crippen molar-refractivity contribution in [3.05, 3.63) is 10.6 Å². The zero-order chi connectivity index (χ0) is 21.4. The Balaban J connectivity index is 1.14. The van der Waals surface area contributed by atoms with E-state index in [0.717, 1.165) is 89.3 Å². The third-order valence-corrected chi connectivity index (χ3v) is 8.86. The predicted molar refractivity (Wildman–Crippen MR) is 122 cm³/mol. The first-order valence-electron chi connectivity index (χ1n) is 12.1. The molecule has 170 valence electrons. The Morgan fingerprint density at radius 2 is 1.71 bits per heavy atom. The highest BCUT2D eigenvalue weighted by atomic mass is 32.1. The molecule has 2 aliphatic heterocycles. The van der Waals surface area contributed by atoms with Crippen molar-refractivity contribution in [2.24, 2.45) is 11.8 Å². The minimum absolute atomic E-state index is 0.0809. The molecule has 2 saturated heterocycles. The summed E-state index contributed by atoms with van der Waals surface area (Å²) in [7, 11) is 2.15. The number of aromatic nitrogens is 1. The topological polar surface area (TPSA) is 68.8 Å². The van der Waals surface area contributed by atoms with Crippen LogP contribution in [0.25, 0.3) is 0 Å². The van der Waals surface area contributed by atoms with Gasteiger partial charge in [0, 0.05) is 48.9 Å². The molecule has 1 N–H and O–H groups in total. The van der Waals surface area contributed by atoms with Crippen LogP contribution in [0.3, 0.4) is 0 Å². The first-order chi connectivity index (χ1) is 15.1. The molecular formula is C23H35N5O2S. The van der Waals surface area contributed by atoms with Crippen LogP contribution in [-0.2, 0) is 22.4 Å². The summed E-state index contributed by atoms with van der Waals surface area (Å²) >= 11 is 1.77. The Morgan fingerprint density at radius 3 is 2.39 bits per heavy atom. The summed E-state index contributed by atoms with van der Waals surface area (Å²) in [5.74, 6) is 0.967. The Hall–Kier alpha value is -1.67. The fourth-order valence-electron chi connectivity index (χ4n) is 5.22. The molecule has 0 radical (unpaired) electrons. The average molecular weight is 446 g/mol. The number of aryl methyl sites for hydroxylation is 1. The molecule has 0 spiro atoms. The Morgan fingerprint density at radius 1 is 0.968 bits per heavy atom. The van der Waals surface area contributed by atoms with E-state index in [2.05, 4.69) is 27.1 Å². The average Bonchev–Trinajstić information content (AvgIpc) is 3.17. The summed E-state index contributed by atoms with van der Waals surface area (Å²) in [6.07, 6.45) is 8.09. The zero-order valence-corrected chi connectivity index (χ0v) is 19.5. The molecule has 1 saturated carbocycles. The normalized spacial score (nSPS) is 25.8. The molecule has 1 aromatic rings. The number of nitrogens with zero attached hydrogens (tertiary/aromatic N) is 4. The van der Waals surface area contributed by atoms with Gasteiger partial charge in [-0.25, -0.2) is 4.98 Å². The highest BCUT2D eigenvalue weighted by Crippen LogP contribution is 2.35. The number of thiazole rings is 1. The number of hydrogen-bond acceptors (Lipinski definition) is 6. The van der Waals surface area contributed by atoms with Gasteiger partial charge < -0.3 is 20.0 Å². The van der Waals surface area contributed by atoms with Crippen LogP contribution in [0, 0.1) is 11.8 Å². The molecule has 3 heterocycles. The maximum absolute atomic E-state index is 12.9. The molecule has 5 rings (SSSR count). The van der Waals surface area contributed by atoms with E-state index in [9.17, 15) is 9.59 Å². The fourth-order valence-corrected chi connectivity index (χ4v) is 6.46. The van der Waals surface area contributed by atoms with Crippen LogP contribution in [0.1, 0.15) is 49.1 Å². The van der Waals surface area contributed by atoms with Gasteiger partial charge in [-0.15, -0.1) is 11.3 Å². The molecule has 1 aromatic heterocycles. The van der Waals surface area contributed by atoms with E-state index in [4.69, 9.17) is 4.98 Å². The Kier molecular flexibility index (Phi) is 6.19. The van der Waals surface area contributed by atoms with E-state index in [-0.39, 0.29) is 17.7 Å².